The van der Waals surface area contributed by atoms with Crippen LogP contribution in [0.3, 0.4) is 0 Å². The van der Waals surface area contributed by atoms with Gasteiger partial charge < -0.3 is 25.2 Å². The number of nitrogens with one attached hydrogen (secondary N) is 4. The van der Waals surface area contributed by atoms with Crippen molar-refractivity contribution >= 4 is 17.5 Å². The first-order chi connectivity index (χ1) is 14.5. The van der Waals surface area contributed by atoms with Gasteiger partial charge in [-0.3, -0.25) is 9.59 Å². The highest BCUT2D eigenvalue weighted by molar-refractivity contribution is 5.96. The van der Waals surface area contributed by atoms with Crippen molar-refractivity contribution in [2.24, 2.45) is 0 Å². The molecule has 0 saturated carbocycles. The fourth-order valence-corrected chi connectivity index (χ4v) is 4.05. The highest BCUT2D eigenvalue weighted by Gasteiger charge is 2.36. The molecule has 0 aromatic heterocycles. The Labute approximate surface area is 178 Å². The summed E-state index contributed by atoms with van der Waals surface area (Å²) in [6.07, 6.45) is 0. The standard InChI is InChI=1S/C23H30N4O3/c1-17-9-10-20(30-3)19(15-17)25-23(29)22(18-7-5-4-6-8-18)27-13-11-26(12-14-27)16-21(28)24-2/h4-10,15,22H,11-14,16H2,1-3H3,(H,24,28)(H,25,29)/p+2/t22-/m0/s1. The Morgan fingerprint density at radius 2 is 1.77 bits per heavy atom. The molecule has 2 aromatic rings. The van der Waals surface area contributed by atoms with Crippen LogP contribution in [0.2, 0.25) is 0 Å². The second kappa shape index (κ2) is 10.2. The molecule has 1 atom stereocenters. The summed E-state index contributed by atoms with van der Waals surface area (Å²) in [6.45, 7) is 5.82. The van der Waals surface area contributed by atoms with E-state index in [9.17, 15) is 9.59 Å². The molecule has 1 heterocycles. The number of ether oxygens (including phenoxy) is 1. The van der Waals surface area contributed by atoms with Crippen LogP contribution in [0.25, 0.3) is 0 Å². The molecule has 0 bridgehead atoms. The van der Waals surface area contributed by atoms with E-state index in [4.69, 9.17) is 4.74 Å². The summed E-state index contributed by atoms with van der Waals surface area (Å²) in [5.41, 5.74) is 2.74. The van der Waals surface area contributed by atoms with E-state index in [1.165, 1.54) is 9.80 Å². The topological polar surface area (TPSA) is 76.3 Å². The van der Waals surface area contributed by atoms with Crippen molar-refractivity contribution < 1.29 is 24.1 Å². The minimum absolute atomic E-state index is 0.0464. The van der Waals surface area contributed by atoms with E-state index in [0.29, 0.717) is 18.0 Å². The largest absolute Gasteiger partial charge is 0.495 e. The number of benzene rings is 2. The molecule has 1 aliphatic heterocycles. The first-order valence-electron chi connectivity index (χ1n) is 10.4. The summed E-state index contributed by atoms with van der Waals surface area (Å²) < 4.78 is 5.43. The highest BCUT2D eigenvalue weighted by Crippen LogP contribution is 2.26. The maximum atomic E-state index is 13.4. The van der Waals surface area contributed by atoms with E-state index in [1.807, 2.05) is 55.5 Å². The van der Waals surface area contributed by atoms with Crippen LogP contribution < -0.4 is 25.2 Å². The van der Waals surface area contributed by atoms with Crippen LogP contribution in [-0.4, -0.2) is 58.7 Å². The van der Waals surface area contributed by atoms with Crippen molar-refractivity contribution in [3.63, 3.8) is 0 Å². The number of anilines is 1. The van der Waals surface area contributed by atoms with Gasteiger partial charge >= 0.3 is 0 Å². The Bertz CT molecular complexity index is 864. The van der Waals surface area contributed by atoms with Crippen molar-refractivity contribution in [3.8, 4) is 5.75 Å². The molecule has 1 saturated heterocycles. The minimum atomic E-state index is -0.321. The summed E-state index contributed by atoms with van der Waals surface area (Å²) in [4.78, 5) is 27.6. The van der Waals surface area contributed by atoms with Crippen LogP contribution in [0.4, 0.5) is 5.69 Å². The van der Waals surface area contributed by atoms with Crippen LogP contribution in [0.5, 0.6) is 5.75 Å². The van der Waals surface area contributed by atoms with Gasteiger partial charge in [0.15, 0.2) is 12.6 Å². The first-order valence-corrected chi connectivity index (χ1v) is 10.4. The summed E-state index contributed by atoms with van der Waals surface area (Å²) >= 11 is 0. The zero-order valence-corrected chi connectivity index (χ0v) is 18.0. The third-order valence-corrected chi connectivity index (χ3v) is 5.70. The number of aryl methyl sites for hydroxylation is 1. The quantitative estimate of drug-likeness (QED) is 0.482. The number of rotatable bonds is 7. The fraction of sp³-hybridized carbons (Fsp3) is 0.391. The molecule has 2 amide bonds. The minimum Gasteiger partial charge on any atom is -0.495 e. The molecule has 0 radical (unpaired) electrons. The maximum Gasteiger partial charge on any atom is 0.287 e. The third kappa shape index (κ3) is 5.37. The van der Waals surface area contributed by atoms with Crippen molar-refractivity contribution in [3.05, 3.63) is 59.7 Å². The van der Waals surface area contributed by atoms with Gasteiger partial charge in [0.1, 0.15) is 31.9 Å². The van der Waals surface area contributed by atoms with Gasteiger partial charge in [0, 0.05) is 12.6 Å². The fourth-order valence-electron chi connectivity index (χ4n) is 4.05. The molecule has 3 rings (SSSR count). The predicted molar refractivity (Wildman–Crippen MR) is 116 cm³/mol. The monoisotopic (exact) mass is 412 g/mol. The Morgan fingerprint density at radius 3 is 2.40 bits per heavy atom. The number of piperazine rings is 1. The van der Waals surface area contributed by atoms with E-state index in [1.54, 1.807) is 14.2 Å². The molecule has 30 heavy (non-hydrogen) atoms. The van der Waals surface area contributed by atoms with E-state index < -0.39 is 0 Å². The number of likely N-dealkylation sites (N-methyl/N-ethyl adjacent to an activating group) is 1. The van der Waals surface area contributed by atoms with Crippen LogP contribution in [0.15, 0.2) is 48.5 Å². The summed E-state index contributed by atoms with van der Waals surface area (Å²) in [5, 5.41) is 5.79. The van der Waals surface area contributed by atoms with E-state index >= 15 is 0 Å². The lowest BCUT2D eigenvalue weighted by atomic mass is 10.0. The first kappa shape index (κ1) is 21.8. The SMILES string of the molecule is CNC(=O)C[NH+]1CC[NH+]([C@H](C(=O)Nc2cc(C)ccc2OC)c2ccccc2)CC1. The lowest BCUT2D eigenvalue weighted by molar-refractivity contribution is -1.02. The Morgan fingerprint density at radius 1 is 1.07 bits per heavy atom. The van der Waals surface area contributed by atoms with E-state index in [-0.39, 0.29) is 17.9 Å². The maximum absolute atomic E-state index is 13.4. The number of carbonyl (C=O) groups is 2. The molecule has 0 spiro atoms. The van der Waals surface area contributed by atoms with E-state index in [0.717, 1.165) is 37.3 Å². The van der Waals surface area contributed by atoms with Crippen molar-refractivity contribution in [1.82, 2.24) is 5.32 Å². The Hall–Kier alpha value is -2.90. The molecule has 1 fully saturated rings. The Balaban J connectivity index is 1.78. The van der Waals surface area contributed by atoms with Crippen LogP contribution in [-0.2, 0) is 9.59 Å². The van der Waals surface area contributed by atoms with Gasteiger partial charge in [-0.05, 0) is 24.6 Å². The summed E-state index contributed by atoms with van der Waals surface area (Å²) in [5.74, 6) is 0.655. The van der Waals surface area contributed by atoms with Crippen LogP contribution >= 0.6 is 0 Å². The van der Waals surface area contributed by atoms with Crippen molar-refractivity contribution in [2.75, 3.05) is 52.2 Å². The average Bonchev–Trinajstić information content (AvgIpc) is 2.76. The predicted octanol–water partition coefficient (Wildman–Crippen LogP) is -0.787. The van der Waals surface area contributed by atoms with Crippen LogP contribution in [0, 0.1) is 6.92 Å². The van der Waals surface area contributed by atoms with Crippen molar-refractivity contribution in [2.45, 2.75) is 13.0 Å². The smallest absolute Gasteiger partial charge is 0.287 e. The van der Waals surface area contributed by atoms with Crippen molar-refractivity contribution in [1.29, 1.82) is 0 Å². The van der Waals surface area contributed by atoms with Gasteiger partial charge in [0.05, 0.1) is 12.8 Å². The molecule has 7 heteroatoms. The molecular weight excluding hydrogens is 380 g/mol. The average molecular weight is 413 g/mol. The number of methoxy groups -OCH3 is 1. The number of quaternary nitrogens is 2. The summed E-state index contributed by atoms with van der Waals surface area (Å²) in [7, 11) is 3.27. The van der Waals surface area contributed by atoms with Gasteiger partial charge in [-0.1, -0.05) is 36.4 Å². The lowest BCUT2D eigenvalue weighted by Crippen LogP contribution is -3.28. The zero-order valence-electron chi connectivity index (χ0n) is 18.0. The molecule has 1 aliphatic rings. The van der Waals surface area contributed by atoms with Gasteiger partial charge in [-0.15, -0.1) is 0 Å². The molecule has 0 unspecified atom stereocenters. The van der Waals surface area contributed by atoms with E-state index in [2.05, 4.69) is 10.6 Å². The third-order valence-electron chi connectivity index (χ3n) is 5.70. The summed E-state index contributed by atoms with van der Waals surface area (Å²) in [6, 6.07) is 15.4. The van der Waals surface area contributed by atoms with Gasteiger partial charge in [0.25, 0.3) is 11.8 Å². The van der Waals surface area contributed by atoms with Crippen LogP contribution in [0.1, 0.15) is 17.2 Å². The zero-order chi connectivity index (χ0) is 21.5. The highest BCUT2D eigenvalue weighted by atomic mass is 16.5. The van der Waals surface area contributed by atoms with Gasteiger partial charge in [-0.25, -0.2) is 0 Å². The second-order valence-electron chi connectivity index (χ2n) is 7.79. The van der Waals surface area contributed by atoms with Gasteiger partial charge in [-0.2, -0.15) is 0 Å². The number of amides is 2. The Kier molecular flexibility index (Phi) is 7.43. The molecule has 7 nitrogen and oxygen atoms in total. The lowest BCUT2D eigenvalue weighted by Gasteiger charge is -2.34. The molecule has 0 aliphatic carbocycles. The van der Waals surface area contributed by atoms with Gasteiger partial charge in [0.2, 0.25) is 0 Å². The molecule has 2 aromatic carbocycles. The number of carbonyl (C=O) groups excluding carboxylic acids is 2. The normalized spacial score (nSPS) is 19.6. The molecule has 4 N–H and O–H groups in total. The molecule has 160 valence electrons. The molecular formula is C23H32N4O3+2. The number of hydrogen-bond acceptors (Lipinski definition) is 3. The second-order valence-corrected chi connectivity index (χ2v) is 7.79. The number of hydrogen-bond donors (Lipinski definition) is 4.